The van der Waals surface area contributed by atoms with E-state index in [4.69, 9.17) is 10.5 Å². The van der Waals surface area contributed by atoms with Gasteiger partial charge in [0.2, 0.25) is 5.91 Å². The number of halogens is 3. The van der Waals surface area contributed by atoms with Gasteiger partial charge in [-0.3, -0.25) is 14.5 Å². The van der Waals surface area contributed by atoms with Gasteiger partial charge in [-0.15, -0.1) is 0 Å². The number of nitrogens with two attached hydrogens (primary N) is 1. The smallest absolute Gasteiger partial charge is 0.407 e. The molecule has 0 saturated heterocycles. The zero-order valence-corrected chi connectivity index (χ0v) is 11.6. The predicted molar refractivity (Wildman–Crippen MR) is 71.3 cm³/mol. The van der Waals surface area contributed by atoms with E-state index in [0.29, 0.717) is 0 Å². The van der Waals surface area contributed by atoms with E-state index >= 15 is 0 Å². The second-order valence-corrected chi connectivity index (χ2v) is 4.69. The SMILES string of the molecule is CNC(=O)CN1C(=O)COc2ccc(C(N)C(F)(F)F)cc21. The maximum atomic E-state index is 12.7. The molecule has 0 bridgehead atoms. The van der Waals surface area contributed by atoms with Crippen LogP contribution in [0.3, 0.4) is 0 Å². The number of fused-ring (bicyclic) bond motifs is 1. The Balaban J connectivity index is 2.40. The Kier molecular flexibility index (Phi) is 4.27. The zero-order chi connectivity index (χ0) is 16.5. The third-order valence-corrected chi connectivity index (χ3v) is 3.22. The van der Waals surface area contributed by atoms with E-state index in [1.54, 1.807) is 0 Å². The highest BCUT2D eigenvalue weighted by atomic mass is 19.4. The van der Waals surface area contributed by atoms with Crippen LogP contribution in [0.15, 0.2) is 18.2 Å². The lowest BCUT2D eigenvalue weighted by Gasteiger charge is -2.29. The minimum absolute atomic E-state index is 0.0945. The van der Waals surface area contributed by atoms with Crippen molar-refractivity contribution < 1.29 is 27.5 Å². The molecule has 0 spiro atoms. The highest BCUT2D eigenvalue weighted by molar-refractivity contribution is 6.02. The number of ether oxygens (including phenoxy) is 1. The molecule has 1 aliphatic heterocycles. The van der Waals surface area contributed by atoms with Crippen LogP contribution in [-0.2, 0) is 9.59 Å². The Morgan fingerprint density at radius 3 is 2.77 bits per heavy atom. The second-order valence-electron chi connectivity index (χ2n) is 4.69. The molecule has 1 heterocycles. The van der Waals surface area contributed by atoms with Crippen molar-refractivity contribution in [2.45, 2.75) is 12.2 Å². The van der Waals surface area contributed by atoms with Crippen molar-refractivity contribution in [1.29, 1.82) is 0 Å². The van der Waals surface area contributed by atoms with Crippen LogP contribution < -0.4 is 20.7 Å². The van der Waals surface area contributed by atoms with Gasteiger partial charge in [0.15, 0.2) is 6.61 Å². The van der Waals surface area contributed by atoms with Crippen LogP contribution in [0.2, 0.25) is 0 Å². The van der Waals surface area contributed by atoms with E-state index in [-0.39, 0.29) is 30.2 Å². The number of amides is 2. The number of benzene rings is 1. The standard InChI is InChI=1S/C13H14F3N3O3/c1-18-10(20)5-19-8-4-7(12(17)13(14,15)16)2-3-9(8)22-6-11(19)21/h2-4,12H,5-6,17H2,1H3,(H,18,20). The summed E-state index contributed by atoms with van der Waals surface area (Å²) in [6.07, 6.45) is -4.61. The van der Waals surface area contributed by atoms with Crippen LogP contribution in [0.25, 0.3) is 0 Å². The molecule has 1 aromatic carbocycles. The molecule has 1 atom stereocenters. The van der Waals surface area contributed by atoms with Gasteiger partial charge in [-0.05, 0) is 17.7 Å². The van der Waals surface area contributed by atoms with Gasteiger partial charge in [-0.1, -0.05) is 6.07 Å². The summed E-state index contributed by atoms with van der Waals surface area (Å²) < 4.78 is 43.3. The summed E-state index contributed by atoms with van der Waals surface area (Å²) in [5.41, 5.74) is 5.04. The number of carbonyl (C=O) groups excluding carboxylic acids is 2. The molecule has 0 saturated carbocycles. The Labute approximate surface area is 124 Å². The molecule has 6 nitrogen and oxygen atoms in total. The number of carbonyl (C=O) groups is 2. The van der Waals surface area contributed by atoms with E-state index in [2.05, 4.69) is 5.32 Å². The van der Waals surface area contributed by atoms with Gasteiger partial charge in [0, 0.05) is 7.05 Å². The van der Waals surface area contributed by atoms with Crippen LogP contribution in [0.1, 0.15) is 11.6 Å². The van der Waals surface area contributed by atoms with Crippen LogP contribution in [-0.4, -0.2) is 38.2 Å². The molecule has 9 heteroatoms. The first-order valence-electron chi connectivity index (χ1n) is 6.34. The molecular weight excluding hydrogens is 303 g/mol. The summed E-state index contributed by atoms with van der Waals surface area (Å²) in [6, 6.07) is 1.43. The fourth-order valence-electron chi connectivity index (χ4n) is 2.00. The number of hydrogen-bond acceptors (Lipinski definition) is 4. The first-order chi connectivity index (χ1) is 10.2. The molecule has 3 N–H and O–H groups in total. The zero-order valence-electron chi connectivity index (χ0n) is 11.6. The predicted octanol–water partition coefficient (Wildman–Crippen LogP) is 0.720. The Bertz CT molecular complexity index is 604. The quantitative estimate of drug-likeness (QED) is 0.860. The first-order valence-corrected chi connectivity index (χ1v) is 6.34. The lowest BCUT2D eigenvalue weighted by atomic mass is 10.0. The van der Waals surface area contributed by atoms with Gasteiger partial charge in [-0.2, -0.15) is 13.2 Å². The van der Waals surface area contributed by atoms with Crippen molar-refractivity contribution in [2.24, 2.45) is 5.73 Å². The van der Waals surface area contributed by atoms with E-state index < -0.39 is 24.0 Å². The maximum Gasteiger partial charge on any atom is 0.407 e. The molecule has 1 aromatic rings. The van der Waals surface area contributed by atoms with E-state index in [1.807, 2.05) is 0 Å². The van der Waals surface area contributed by atoms with Crippen LogP contribution in [0.5, 0.6) is 5.75 Å². The fourth-order valence-corrected chi connectivity index (χ4v) is 2.00. The largest absolute Gasteiger partial charge is 0.482 e. The molecule has 0 aliphatic carbocycles. The van der Waals surface area contributed by atoms with Gasteiger partial charge in [0.1, 0.15) is 18.3 Å². The number of alkyl halides is 3. The Morgan fingerprint density at radius 1 is 1.50 bits per heavy atom. The summed E-state index contributed by atoms with van der Waals surface area (Å²) in [6.45, 7) is -0.592. The third-order valence-electron chi connectivity index (χ3n) is 3.22. The van der Waals surface area contributed by atoms with Crippen LogP contribution >= 0.6 is 0 Å². The first kappa shape index (κ1) is 16.1. The highest BCUT2D eigenvalue weighted by Gasteiger charge is 2.39. The summed E-state index contributed by atoms with van der Waals surface area (Å²) >= 11 is 0. The summed E-state index contributed by atoms with van der Waals surface area (Å²) in [5, 5.41) is 2.35. The van der Waals surface area contributed by atoms with Crippen molar-refractivity contribution in [2.75, 3.05) is 25.1 Å². The normalized spacial score (nSPS) is 15.9. The lowest BCUT2D eigenvalue weighted by molar-refractivity contribution is -0.149. The maximum absolute atomic E-state index is 12.7. The summed E-state index contributed by atoms with van der Waals surface area (Å²) in [4.78, 5) is 24.4. The average Bonchev–Trinajstić information content (AvgIpc) is 2.47. The van der Waals surface area contributed by atoms with Crippen molar-refractivity contribution in [3.8, 4) is 5.75 Å². The minimum atomic E-state index is -4.61. The van der Waals surface area contributed by atoms with Gasteiger partial charge in [-0.25, -0.2) is 0 Å². The molecule has 1 unspecified atom stereocenters. The second kappa shape index (κ2) is 5.84. The van der Waals surface area contributed by atoms with Crippen molar-refractivity contribution >= 4 is 17.5 Å². The lowest BCUT2D eigenvalue weighted by Crippen LogP contribution is -2.44. The van der Waals surface area contributed by atoms with Crippen molar-refractivity contribution in [1.82, 2.24) is 5.32 Å². The van der Waals surface area contributed by atoms with Gasteiger partial charge in [0.05, 0.1) is 5.69 Å². The number of anilines is 1. The average molecular weight is 317 g/mol. The Hall–Kier alpha value is -2.29. The number of nitrogens with one attached hydrogen (secondary N) is 1. The molecule has 2 rings (SSSR count). The molecular formula is C13H14F3N3O3. The number of rotatable bonds is 3. The molecule has 0 radical (unpaired) electrons. The topological polar surface area (TPSA) is 84.7 Å². The van der Waals surface area contributed by atoms with Crippen LogP contribution in [0.4, 0.5) is 18.9 Å². The molecule has 1 aliphatic rings. The van der Waals surface area contributed by atoms with Crippen molar-refractivity contribution in [3.63, 3.8) is 0 Å². The number of nitrogens with zero attached hydrogens (tertiary/aromatic N) is 1. The molecule has 0 aromatic heterocycles. The third kappa shape index (κ3) is 3.14. The monoisotopic (exact) mass is 317 g/mol. The molecule has 0 fully saturated rings. The van der Waals surface area contributed by atoms with E-state index in [0.717, 1.165) is 11.0 Å². The number of likely N-dealkylation sites (N-methyl/N-ethyl adjacent to an activating group) is 1. The van der Waals surface area contributed by atoms with Crippen LogP contribution in [0, 0.1) is 0 Å². The number of hydrogen-bond donors (Lipinski definition) is 2. The van der Waals surface area contributed by atoms with Gasteiger partial charge in [0.25, 0.3) is 5.91 Å². The van der Waals surface area contributed by atoms with Gasteiger partial charge < -0.3 is 15.8 Å². The van der Waals surface area contributed by atoms with E-state index in [1.165, 1.54) is 19.2 Å². The molecule has 22 heavy (non-hydrogen) atoms. The van der Waals surface area contributed by atoms with E-state index in [9.17, 15) is 22.8 Å². The fraction of sp³-hybridized carbons (Fsp3) is 0.385. The summed E-state index contributed by atoms with van der Waals surface area (Å²) in [5.74, 6) is -0.748. The highest BCUT2D eigenvalue weighted by Crippen LogP contribution is 2.37. The Morgan fingerprint density at radius 2 is 2.18 bits per heavy atom. The van der Waals surface area contributed by atoms with Crippen molar-refractivity contribution in [3.05, 3.63) is 23.8 Å². The molecule has 2 amide bonds. The minimum Gasteiger partial charge on any atom is -0.482 e. The molecule has 120 valence electrons. The van der Waals surface area contributed by atoms with Gasteiger partial charge >= 0.3 is 6.18 Å². The summed E-state index contributed by atoms with van der Waals surface area (Å²) in [7, 11) is 1.39.